The summed E-state index contributed by atoms with van der Waals surface area (Å²) in [6.45, 7) is 9.89. The molecule has 0 bridgehead atoms. The third-order valence-corrected chi connectivity index (χ3v) is 6.11. The standard InChI is InChI=1S/C21H33N5O/c1-2-27-16-15-26-20(23-19-9-6-10-22-21(19)26)17-24-11-13-25(14-12-24)18-7-4-3-5-8-18/h6,9-10,18H,2-5,7-8,11-17H2,1H3. The summed E-state index contributed by atoms with van der Waals surface area (Å²) in [4.78, 5) is 14.7. The third kappa shape index (κ3) is 4.50. The highest BCUT2D eigenvalue weighted by molar-refractivity contribution is 5.71. The van der Waals surface area contributed by atoms with Crippen molar-refractivity contribution in [3.05, 3.63) is 24.2 Å². The summed E-state index contributed by atoms with van der Waals surface area (Å²) >= 11 is 0. The highest BCUT2D eigenvalue weighted by Gasteiger charge is 2.26. The summed E-state index contributed by atoms with van der Waals surface area (Å²) < 4.78 is 7.83. The van der Waals surface area contributed by atoms with Crippen LogP contribution in [0.5, 0.6) is 0 Å². The second-order valence-electron chi connectivity index (χ2n) is 7.83. The number of pyridine rings is 1. The Morgan fingerprint density at radius 3 is 2.70 bits per heavy atom. The number of nitrogens with zero attached hydrogens (tertiary/aromatic N) is 5. The maximum atomic E-state index is 5.59. The molecule has 4 rings (SSSR count). The van der Waals surface area contributed by atoms with Gasteiger partial charge in [0.2, 0.25) is 0 Å². The molecule has 2 aromatic rings. The van der Waals surface area contributed by atoms with E-state index in [2.05, 4.69) is 25.4 Å². The van der Waals surface area contributed by atoms with Crippen molar-refractivity contribution in [1.82, 2.24) is 24.3 Å². The lowest BCUT2D eigenvalue weighted by Crippen LogP contribution is -2.50. The van der Waals surface area contributed by atoms with E-state index in [-0.39, 0.29) is 0 Å². The molecule has 148 valence electrons. The Bertz CT molecular complexity index is 716. The minimum absolute atomic E-state index is 0.709. The van der Waals surface area contributed by atoms with Crippen LogP contribution < -0.4 is 0 Å². The fourth-order valence-corrected chi connectivity index (χ4v) is 4.59. The van der Waals surface area contributed by atoms with Crippen LogP contribution in [0.1, 0.15) is 44.9 Å². The molecule has 0 aromatic carbocycles. The van der Waals surface area contributed by atoms with Crippen molar-refractivity contribution in [3.8, 4) is 0 Å². The van der Waals surface area contributed by atoms with Crippen LogP contribution in [-0.2, 0) is 17.8 Å². The normalized spacial score (nSPS) is 20.5. The monoisotopic (exact) mass is 371 g/mol. The van der Waals surface area contributed by atoms with Gasteiger partial charge in [-0.2, -0.15) is 0 Å². The van der Waals surface area contributed by atoms with Crippen LogP contribution in [-0.4, -0.2) is 69.8 Å². The van der Waals surface area contributed by atoms with Gasteiger partial charge in [0.25, 0.3) is 0 Å². The summed E-state index contributed by atoms with van der Waals surface area (Å²) in [5, 5.41) is 0. The Morgan fingerprint density at radius 1 is 1.11 bits per heavy atom. The van der Waals surface area contributed by atoms with E-state index in [1.807, 2.05) is 19.2 Å². The van der Waals surface area contributed by atoms with Crippen LogP contribution in [0.4, 0.5) is 0 Å². The van der Waals surface area contributed by atoms with Crippen LogP contribution in [0.15, 0.2) is 18.3 Å². The van der Waals surface area contributed by atoms with Gasteiger partial charge in [-0.25, -0.2) is 9.97 Å². The molecule has 0 N–H and O–H groups in total. The number of aromatic nitrogens is 3. The van der Waals surface area contributed by atoms with Crippen LogP contribution in [0.3, 0.4) is 0 Å². The van der Waals surface area contributed by atoms with E-state index in [0.717, 1.165) is 55.8 Å². The quantitative estimate of drug-likeness (QED) is 0.701. The maximum Gasteiger partial charge on any atom is 0.160 e. The molecule has 2 aromatic heterocycles. The van der Waals surface area contributed by atoms with Crippen molar-refractivity contribution >= 4 is 11.2 Å². The minimum atomic E-state index is 0.709. The summed E-state index contributed by atoms with van der Waals surface area (Å²) in [5.74, 6) is 1.12. The molecular formula is C21H33N5O. The van der Waals surface area contributed by atoms with Gasteiger partial charge < -0.3 is 9.30 Å². The van der Waals surface area contributed by atoms with E-state index >= 15 is 0 Å². The fraction of sp³-hybridized carbons (Fsp3) is 0.714. The van der Waals surface area contributed by atoms with E-state index in [9.17, 15) is 0 Å². The average molecular weight is 372 g/mol. The summed E-state index contributed by atoms with van der Waals surface area (Å²) in [7, 11) is 0. The van der Waals surface area contributed by atoms with Gasteiger partial charge in [0.1, 0.15) is 11.3 Å². The SMILES string of the molecule is CCOCCn1c(CN2CCN(C3CCCCC3)CC2)nc2cccnc21. The lowest BCUT2D eigenvalue weighted by Gasteiger charge is -2.40. The first kappa shape index (κ1) is 18.8. The van der Waals surface area contributed by atoms with Gasteiger partial charge in [-0.3, -0.25) is 9.80 Å². The Kier molecular flexibility index (Phi) is 6.37. The van der Waals surface area contributed by atoms with Crippen LogP contribution in [0, 0.1) is 0 Å². The van der Waals surface area contributed by atoms with E-state index in [4.69, 9.17) is 9.72 Å². The van der Waals surface area contributed by atoms with E-state index in [1.54, 1.807) is 0 Å². The molecule has 0 atom stereocenters. The van der Waals surface area contributed by atoms with Gasteiger partial charge in [-0.05, 0) is 31.9 Å². The summed E-state index contributed by atoms with van der Waals surface area (Å²) in [6.07, 6.45) is 8.93. The van der Waals surface area contributed by atoms with Crippen LogP contribution >= 0.6 is 0 Å². The number of hydrogen-bond acceptors (Lipinski definition) is 5. The molecule has 1 saturated carbocycles. The second kappa shape index (κ2) is 9.13. The Labute approximate surface area is 162 Å². The zero-order valence-electron chi connectivity index (χ0n) is 16.6. The number of hydrogen-bond donors (Lipinski definition) is 0. The molecule has 1 saturated heterocycles. The molecule has 2 fully saturated rings. The molecule has 1 aliphatic heterocycles. The number of ether oxygens (including phenoxy) is 1. The van der Waals surface area contributed by atoms with E-state index < -0.39 is 0 Å². The van der Waals surface area contributed by atoms with Crippen molar-refractivity contribution in [2.45, 2.75) is 58.2 Å². The molecule has 0 spiro atoms. The maximum absolute atomic E-state index is 5.59. The molecule has 0 amide bonds. The Hall–Kier alpha value is -1.50. The number of fused-ring (bicyclic) bond motifs is 1. The van der Waals surface area contributed by atoms with E-state index in [0.29, 0.717) is 6.61 Å². The Morgan fingerprint density at radius 2 is 1.93 bits per heavy atom. The van der Waals surface area contributed by atoms with Crippen molar-refractivity contribution in [2.75, 3.05) is 39.4 Å². The second-order valence-corrected chi connectivity index (χ2v) is 7.83. The predicted octanol–water partition coefficient (Wildman–Crippen LogP) is 2.92. The van der Waals surface area contributed by atoms with Crippen molar-refractivity contribution < 1.29 is 4.74 Å². The minimum Gasteiger partial charge on any atom is -0.380 e. The zero-order chi connectivity index (χ0) is 18.5. The molecule has 3 heterocycles. The van der Waals surface area contributed by atoms with Gasteiger partial charge in [0, 0.05) is 51.6 Å². The molecule has 1 aliphatic carbocycles. The fourth-order valence-electron chi connectivity index (χ4n) is 4.59. The van der Waals surface area contributed by atoms with Gasteiger partial charge in [0.05, 0.1) is 13.2 Å². The number of rotatable bonds is 7. The van der Waals surface area contributed by atoms with Crippen molar-refractivity contribution in [1.29, 1.82) is 0 Å². The molecular weight excluding hydrogens is 338 g/mol. The average Bonchev–Trinajstić information content (AvgIpc) is 3.07. The smallest absolute Gasteiger partial charge is 0.160 e. The molecule has 27 heavy (non-hydrogen) atoms. The summed E-state index contributed by atoms with van der Waals surface area (Å²) in [5.41, 5.74) is 1.97. The predicted molar refractivity (Wildman–Crippen MR) is 108 cm³/mol. The van der Waals surface area contributed by atoms with E-state index in [1.165, 1.54) is 45.2 Å². The van der Waals surface area contributed by atoms with Crippen LogP contribution in [0.25, 0.3) is 11.2 Å². The van der Waals surface area contributed by atoms with Crippen LogP contribution in [0.2, 0.25) is 0 Å². The lowest BCUT2D eigenvalue weighted by atomic mass is 9.94. The summed E-state index contributed by atoms with van der Waals surface area (Å²) in [6, 6.07) is 4.86. The third-order valence-electron chi connectivity index (χ3n) is 6.11. The topological polar surface area (TPSA) is 46.4 Å². The largest absolute Gasteiger partial charge is 0.380 e. The van der Waals surface area contributed by atoms with Crippen molar-refractivity contribution in [2.24, 2.45) is 0 Å². The Balaban J connectivity index is 1.40. The first-order valence-corrected chi connectivity index (χ1v) is 10.7. The zero-order valence-corrected chi connectivity index (χ0v) is 16.6. The highest BCUT2D eigenvalue weighted by atomic mass is 16.5. The molecule has 2 aliphatic rings. The molecule has 6 nitrogen and oxygen atoms in total. The molecule has 0 unspecified atom stereocenters. The molecule has 6 heteroatoms. The first-order valence-electron chi connectivity index (χ1n) is 10.7. The highest BCUT2D eigenvalue weighted by Crippen LogP contribution is 2.24. The lowest BCUT2D eigenvalue weighted by molar-refractivity contribution is 0.0733. The van der Waals surface area contributed by atoms with Gasteiger partial charge >= 0.3 is 0 Å². The van der Waals surface area contributed by atoms with Gasteiger partial charge in [0.15, 0.2) is 5.65 Å². The number of imidazole rings is 1. The first-order chi connectivity index (χ1) is 13.3. The van der Waals surface area contributed by atoms with Gasteiger partial charge in [-0.15, -0.1) is 0 Å². The van der Waals surface area contributed by atoms with Crippen molar-refractivity contribution in [3.63, 3.8) is 0 Å². The number of piperazine rings is 1. The van der Waals surface area contributed by atoms with Gasteiger partial charge in [-0.1, -0.05) is 19.3 Å². The molecule has 0 radical (unpaired) electrons.